The van der Waals surface area contributed by atoms with Crippen LogP contribution in [0.4, 0.5) is 5.69 Å². The van der Waals surface area contributed by atoms with Gasteiger partial charge in [-0.3, -0.25) is 9.35 Å². The molecule has 0 bridgehead atoms. The Bertz CT molecular complexity index is 843. The van der Waals surface area contributed by atoms with Crippen LogP contribution in [-0.4, -0.2) is 45.1 Å². The van der Waals surface area contributed by atoms with Gasteiger partial charge in [-0.2, -0.15) is 8.42 Å². The van der Waals surface area contributed by atoms with Crippen molar-refractivity contribution in [2.45, 2.75) is 11.7 Å². The molecule has 1 saturated heterocycles. The molecule has 0 spiro atoms. The second-order valence-electron chi connectivity index (χ2n) is 6.21. The van der Waals surface area contributed by atoms with Crippen molar-refractivity contribution in [3.63, 3.8) is 0 Å². The Morgan fingerprint density at radius 1 is 1.04 bits per heavy atom. The van der Waals surface area contributed by atoms with Crippen molar-refractivity contribution in [3.8, 4) is 0 Å². The van der Waals surface area contributed by atoms with E-state index in [1.54, 1.807) is 18.2 Å². The molecule has 138 valence electrons. The minimum atomic E-state index is -4.53. The monoisotopic (exact) mass is 375 g/mol. The highest BCUT2D eigenvalue weighted by Crippen LogP contribution is 2.25. The van der Waals surface area contributed by atoms with Gasteiger partial charge in [-0.1, -0.05) is 42.5 Å². The highest BCUT2D eigenvalue weighted by atomic mass is 32.2. The number of morpholine rings is 1. The average Bonchev–Trinajstić information content (AvgIpc) is 2.63. The Balaban J connectivity index is 1.75. The number of Topliss-reactive ketones (excluding diaryl/α,β-unsaturated/α-hetero) is 1. The maximum atomic E-state index is 12.6. The zero-order valence-corrected chi connectivity index (χ0v) is 15.1. The van der Waals surface area contributed by atoms with Crippen molar-refractivity contribution in [2.75, 3.05) is 31.2 Å². The van der Waals surface area contributed by atoms with Crippen LogP contribution in [-0.2, 0) is 26.1 Å². The van der Waals surface area contributed by atoms with Crippen molar-refractivity contribution >= 4 is 21.6 Å². The molecule has 1 heterocycles. The molecule has 6 nitrogen and oxygen atoms in total. The first-order valence-electron chi connectivity index (χ1n) is 8.41. The molecule has 7 heteroatoms. The first-order valence-corrected chi connectivity index (χ1v) is 9.91. The van der Waals surface area contributed by atoms with E-state index in [0.717, 1.165) is 18.8 Å². The summed E-state index contributed by atoms with van der Waals surface area (Å²) in [5, 5.41) is -1.57. The largest absolute Gasteiger partial charge is 0.378 e. The summed E-state index contributed by atoms with van der Waals surface area (Å²) < 4.78 is 38.3. The predicted octanol–water partition coefficient (Wildman–Crippen LogP) is 2.26. The van der Waals surface area contributed by atoms with Crippen LogP contribution in [0.5, 0.6) is 0 Å². The molecule has 26 heavy (non-hydrogen) atoms. The first-order chi connectivity index (χ1) is 12.4. The summed E-state index contributed by atoms with van der Waals surface area (Å²) in [5.74, 6) is -0.558. The zero-order chi connectivity index (χ0) is 18.6. The van der Waals surface area contributed by atoms with E-state index in [2.05, 4.69) is 4.90 Å². The number of anilines is 1. The number of nitrogens with zero attached hydrogens (tertiary/aromatic N) is 1. The van der Waals surface area contributed by atoms with Gasteiger partial charge in [0.15, 0.2) is 11.0 Å². The van der Waals surface area contributed by atoms with Crippen LogP contribution >= 0.6 is 0 Å². The fraction of sp³-hybridized carbons (Fsp3) is 0.316. The predicted molar refractivity (Wildman–Crippen MR) is 98.9 cm³/mol. The van der Waals surface area contributed by atoms with Crippen molar-refractivity contribution in [2.24, 2.45) is 0 Å². The number of ether oxygens (including phenoxy) is 1. The summed E-state index contributed by atoms with van der Waals surface area (Å²) in [5.41, 5.74) is 2.01. The summed E-state index contributed by atoms with van der Waals surface area (Å²) in [6.07, 6.45) is -0.0667. The first kappa shape index (κ1) is 18.6. The third-order valence-corrected chi connectivity index (χ3v) is 5.51. The second kappa shape index (κ2) is 7.99. The number of rotatable bonds is 6. The maximum Gasteiger partial charge on any atom is 0.279 e. The molecule has 0 amide bonds. The van der Waals surface area contributed by atoms with E-state index in [1.807, 2.05) is 24.3 Å². The molecule has 1 aliphatic rings. The standard InChI is InChI=1S/C19H21NO5S/c21-18(19(26(22,23)24)16-4-2-1-3-5-16)14-15-6-8-17(9-7-15)20-10-12-25-13-11-20/h1-9,19H,10-14H2,(H,22,23,24). The number of hydrogen-bond acceptors (Lipinski definition) is 5. The van der Waals surface area contributed by atoms with Crippen LogP contribution in [0.2, 0.25) is 0 Å². The fourth-order valence-corrected chi connectivity index (χ4v) is 4.01. The molecular formula is C19H21NO5S. The number of ketones is 1. The third-order valence-electron chi connectivity index (χ3n) is 4.38. The lowest BCUT2D eigenvalue weighted by Crippen LogP contribution is -2.36. The lowest BCUT2D eigenvalue weighted by atomic mass is 10.0. The second-order valence-corrected chi connectivity index (χ2v) is 7.72. The van der Waals surface area contributed by atoms with Crippen LogP contribution in [0.3, 0.4) is 0 Å². The molecule has 0 aromatic heterocycles. The van der Waals surface area contributed by atoms with Crippen molar-refractivity contribution in [1.29, 1.82) is 0 Å². The molecule has 1 aliphatic heterocycles. The van der Waals surface area contributed by atoms with E-state index in [0.29, 0.717) is 18.8 Å². The maximum absolute atomic E-state index is 12.6. The summed E-state index contributed by atoms with van der Waals surface area (Å²) in [6, 6.07) is 15.5. The Morgan fingerprint density at radius 2 is 1.65 bits per heavy atom. The minimum absolute atomic E-state index is 0.0667. The number of benzene rings is 2. The quantitative estimate of drug-likeness (QED) is 0.780. The van der Waals surface area contributed by atoms with E-state index >= 15 is 0 Å². The van der Waals surface area contributed by atoms with Gasteiger partial charge in [-0.05, 0) is 23.3 Å². The molecule has 0 radical (unpaired) electrons. The van der Waals surface area contributed by atoms with E-state index in [1.165, 1.54) is 12.1 Å². The van der Waals surface area contributed by atoms with Crippen LogP contribution in [0, 0.1) is 0 Å². The van der Waals surface area contributed by atoms with Gasteiger partial charge in [0.2, 0.25) is 0 Å². The molecule has 1 N–H and O–H groups in total. The Morgan fingerprint density at radius 3 is 2.23 bits per heavy atom. The normalized spacial score (nSPS) is 16.3. The summed E-state index contributed by atoms with van der Waals surface area (Å²) in [7, 11) is -4.53. The summed E-state index contributed by atoms with van der Waals surface area (Å²) >= 11 is 0. The van der Waals surface area contributed by atoms with Gasteiger partial charge < -0.3 is 9.64 Å². The molecule has 1 atom stereocenters. The summed E-state index contributed by atoms with van der Waals surface area (Å²) in [4.78, 5) is 14.8. The average molecular weight is 375 g/mol. The zero-order valence-electron chi connectivity index (χ0n) is 14.2. The molecule has 2 aromatic carbocycles. The molecule has 1 unspecified atom stereocenters. The van der Waals surface area contributed by atoms with Crippen LogP contribution < -0.4 is 4.90 Å². The van der Waals surface area contributed by atoms with Gasteiger partial charge in [-0.25, -0.2) is 0 Å². The van der Waals surface area contributed by atoms with Crippen LogP contribution in [0.1, 0.15) is 16.4 Å². The van der Waals surface area contributed by atoms with Gasteiger partial charge in [-0.15, -0.1) is 0 Å². The molecule has 0 saturated carbocycles. The highest BCUT2D eigenvalue weighted by Gasteiger charge is 2.32. The highest BCUT2D eigenvalue weighted by molar-refractivity contribution is 7.86. The SMILES string of the molecule is O=C(Cc1ccc(N2CCOCC2)cc1)C(c1ccccc1)S(=O)(=O)O. The van der Waals surface area contributed by atoms with E-state index in [9.17, 15) is 17.8 Å². The Hall–Kier alpha value is -2.22. The Labute approximate surface area is 153 Å². The van der Waals surface area contributed by atoms with Crippen molar-refractivity contribution in [3.05, 3.63) is 65.7 Å². The van der Waals surface area contributed by atoms with Crippen LogP contribution in [0.15, 0.2) is 54.6 Å². The van der Waals surface area contributed by atoms with Crippen molar-refractivity contribution in [1.82, 2.24) is 0 Å². The topological polar surface area (TPSA) is 83.9 Å². The van der Waals surface area contributed by atoms with Crippen molar-refractivity contribution < 1.29 is 22.5 Å². The lowest BCUT2D eigenvalue weighted by molar-refractivity contribution is -0.118. The smallest absolute Gasteiger partial charge is 0.279 e. The molecule has 1 fully saturated rings. The van der Waals surface area contributed by atoms with Gasteiger partial charge in [0.25, 0.3) is 10.1 Å². The molecule has 2 aromatic rings. The van der Waals surface area contributed by atoms with E-state index < -0.39 is 21.2 Å². The molecule has 0 aliphatic carbocycles. The number of hydrogen-bond donors (Lipinski definition) is 1. The van der Waals surface area contributed by atoms with Crippen LogP contribution in [0.25, 0.3) is 0 Å². The van der Waals surface area contributed by atoms with Gasteiger partial charge in [0.05, 0.1) is 13.2 Å². The molecule has 3 rings (SSSR count). The van der Waals surface area contributed by atoms with Gasteiger partial charge in [0.1, 0.15) is 0 Å². The van der Waals surface area contributed by atoms with E-state index in [-0.39, 0.29) is 12.0 Å². The van der Waals surface area contributed by atoms with Gasteiger partial charge >= 0.3 is 0 Å². The fourth-order valence-electron chi connectivity index (χ4n) is 3.09. The molecular weight excluding hydrogens is 354 g/mol. The minimum Gasteiger partial charge on any atom is -0.378 e. The Kier molecular flexibility index (Phi) is 5.70. The lowest BCUT2D eigenvalue weighted by Gasteiger charge is -2.28. The van der Waals surface area contributed by atoms with E-state index in [4.69, 9.17) is 4.74 Å². The third kappa shape index (κ3) is 4.49. The number of carbonyl (C=O) groups excluding carboxylic acids is 1. The summed E-state index contributed by atoms with van der Waals surface area (Å²) in [6.45, 7) is 3.01. The number of carbonyl (C=O) groups is 1. The van der Waals surface area contributed by atoms with Gasteiger partial charge in [0, 0.05) is 25.2 Å².